The van der Waals surface area contributed by atoms with E-state index in [1.807, 2.05) is 38.4 Å². The quantitative estimate of drug-likeness (QED) is 0.526. The number of anilines is 1. The molecule has 0 fully saturated rings. The highest BCUT2D eigenvalue weighted by molar-refractivity contribution is 7.89. The average Bonchev–Trinajstić information content (AvgIpc) is 2.58. The SMILES string of the molecule is CN(C)CCCOc1cccc(CNS(=O)(=O)c2ccc(N)cc2)c1. The molecular weight excluding hydrogens is 338 g/mol. The number of hydrogen-bond acceptors (Lipinski definition) is 5. The molecular formula is C18H25N3O3S. The van der Waals surface area contributed by atoms with Gasteiger partial charge in [0.15, 0.2) is 0 Å². The zero-order valence-electron chi connectivity index (χ0n) is 14.6. The second-order valence-electron chi connectivity index (χ2n) is 6.05. The van der Waals surface area contributed by atoms with Crippen LogP contribution in [-0.4, -0.2) is 40.6 Å². The molecule has 0 radical (unpaired) electrons. The maximum atomic E-state index is 12.3. The van der Waals surface area contributed by atoms with Crippen LogP contribution < -0.4 is 15.2 Å². The Labute approximate surface area is 149 Å². The first-order chi connectivity index (χ1) is 11.9. The lowest BCUT2D eigenvalue weighted by molar-refractivity contribution is 0.281. The van der Waals surface area contributed by atoms with Gasteiger partial charge in [-0.15, -0.1) is 0 Å². The monoisotopic (exact) mass is 363 g/mol. The normalized spacial score (nSPS) is 11.6. The predicted octanol–water partition coefficient (Wildman–Crippen LogP) is 2.08. The van der Waals surface area contributed by atoms with Gasteiger partial charge in [0.05, 0.1) is 11.5 Å². The fourth-order valence-corrected chi connectivity index (χ4v) is 3.24. The minimum atomic E-state index is -3.57. The Kier molecular flexibility index (Phi) is 6.81. The van der Waals surface area contributed by atoms with Crippen LogP contribution >= 0.6 is 0 Å². The van der Waals surface area contributed by atoms with Gasteiger partial charge in [0.2, 0.25) is 10.0 Å². The molecule has 7 heteroatoms. The number of ether oxygens (including phenoxy) is 1. The zero-order chi connectivity index (χ0) is 18.3. The number of sulfonamides is 1. The molecule has 136 valence electrons. The van der Waals surface area contributed by atoms with E-state index in [9.17, 15) is 8.42 Å². The molecule has 3 N–H and O–H groups in total. The molecule has 6 nitrogen and oxygen atoms in total. The fourth-order valence-electron chi connectivity index (χ4n) is 2.22. The Bertz CT molecular complexity index is 774. The second-order valence-corrected chi connectivity index (χ2v) is 7.81. The van der Waals surface area contributed by atoms with Crippen LogP contribution in [0.3, 0.4) is 0 Å². The lowest BCUT2D eigenvalue weighted by Gasteiger charge is -2.11. The molecule has 25 heavy (non-hydrogen) atoms. The van der Waals surface area contributed by atoms with Crippen LogP contribution in [0.5, 0.6) is 5.75 Å². The maximum Gasteiger partial charge on any atom is 0.240 e. The van der Waals surface area contributed by atoms with Crippen LogP contribution in [0.2, 0.25) is 0 Å². The molecule has 2 aromatic carbocycles. The molecule has 0 atom stereocenters. The highest BCUT2D eigenvalue weighted by Gasteiger charge is 2.13. The van der Waals surface area contributed by atoms with Gasteiger partial charge in [-0.3, -0.25) is 0 Å². The van der Waals surface area contributed by atoms with Gasteiger partial charge >= 0.3 is 0 Å². The van der Waals surface area contributed by atoms with Crippen molar-refractivity contribution in [2.24, 2.45) is 0 Å². The van der Waals surface area contributed by atoms with Crippen LogP contribution in [0, 0.1) is 0 Å². The van der Waals surface area contributed by atoms with Crippen LogP contribution in [-0.2, 0) is 16.6 Å². The van der Waals surface area contributed by atoms with Crippen molar-refractivity contribution in [2.75, 3.05) is 33.0 Å². The van der Waals surface area contributed by atoms with E-state index in [2.05, 4.69) is 9.62 Å². The molecule has 0 saturated heterocycles. The molecule has 2 aromatic rings. The van der Waals surface area contributed by atoms with Gasteiger partial charge < -0.3 is 15.4 Å². The summed E-state index contributed by atoms with van der Waals surface area (Å²) in [5.41, 5.74) is 6.95. The van der Waals surface area contributed by atoms with Crippen molar-refractivity contribution in [2.45, 2.75) is 17.9 Å². The van der Waals surface area contributed by atoms with Crippen molar-refractivity contribution < 1.29 is 13.2 Å². The van der Waals surface area contributed by atoms with Crippen molar-refractivity contribution in [3.63, 3.8) is 0 Å². The van der Waals surface area contributed by atoms with Crippen molar-refractivity contribution in [3.8, 4) is 5.75 Å². The topological polar surface area (TPSA) is 84.7 Å². The summed E-state index contributed by atoms with van der Waals surface area (Å²) in [6, 6.07) is 13.5. The van der Waals surface area contributed by atoms with Crippen LogP contribution in [0.1, 0.15) is 12.0 Å². The Morgan fingerprint density at radius 2 is 1.84 bits per heavy atom. The summed E-state index contributed by atoms with van der Waals surface area (Å²) < 4.78 is 32.9. The van der Waals surface area contributed by atoms with E-state index < -0.39 is 10.0 Å². The molecule has 2 rings (SSSR count). The Hall–Kier alpha value is -2.09. The number of rotatable bonds is 9. The third-order valence-electron chi connectivity index (χ3n) is 3.57. The highest BCUT2D eigenvalue weighted by atomic mass is 32.2. The summed E-state index contributed by atoms with van der Waals surface area (Å²) in [7, 11) is 0.473. The van der Waals surface area contributed by atoms with Gasteiger partial charge in [0, 0.05) is 18.8 Å². The number of nitrogens with one attached hydrogen (secondary N) is 1. The van der Waals surface area contributed by atoms with Gasteiger partial charge in [-0.05, 0) is 62.5 Å². The third-order valence-corrected chi connectivity index (χ3v) is 4.99. The van der Waals surface area contributed by atoms with E-state index in [1.165, 1.54) is 12.1 Å². The minimum absolute atomic E-state index is 0.192. The van der Waals surface area contributed by atoms with Gasteiger partial charge in [-0.25, -0.2) is 13.1 Å². The summed E-state index contributed by atoms with van der Waals surface area (Å²) in [6.07, 6.45) is 0.932. The van der Waals surface area contributed by atoms with Crippen LogP contribution in [0.25, 0.3) is 0 Å². The molecule has 0 aromatic heterocycles. The first-order valence-electron chi connectivity index (χ1n) is 8.08. The average molecular weight is 363 g/mol. The Balaban J connectivity index is 1.92. The highest BCUT2D eigenvalue weighted by Crippen LogP contribution is 2.15. The maximum absolute atomic E-state index is 12.3. The lowest BCUT2D eigenvalue weighted by Crippen LogP contribution is -2.23. The summed E-state index contributed by atoms with van der Waals surface area (Å²) in [5.74, 6) is 0.739. The fraction of sp³-hybridized carbons (Fsp3) is 0.333. The van der Waals surface area contributed by atoms with Gasteiger partial charge in [-0.2, -0.15) is 0 Å². The molecule has 0 bridgehead atoms. The number of nitrogens with zero attached hydrogens (tertiary/aromatic N) is 1. The zero-order valence-corrected chi connectivity index (χ0v) is 15.4. The molecule has 0 aliphatic carbocycles. The van der Waals surface area contributed by atoms with Crippen molar-refractivity contribution in [1.82, 2.24) is 9.62 Å². The minimum Gasteiger partial charge on any atom is -0.494 e. The summed E-state index contributed by atoms with van der Waals surface area (Å²) in [4.78, 5) is 2.30. The van der Waals surface area contributed by atoms with Crippen molar-refractivity contribution >= 4 is 15.7 Å². The number of nitrogens with two attached hydrogens (primary N) is 1. The van der Waals surface area contributed by atoms with E-state index in [0.717, 1.165) is 24.3 Å². The molecule has 0 aliphatic rings. The molecule has 0 saturated carbocycles. The summed E-state index contributed by atoms with van der Waals surface area (Å²) in [5, 5.41) is 0. The third kappa shape index (κ3) is 6.38. The summed E-state index contributed by atoms with van der Waals surface area (Å²) >= 11 is 0. The molecule has 0 amide bonds. The summed E-state index contributed by atoms with van der Waals surface area (Å²) in [6.45, 7) is 1.78. The standard InChI is InChI=1S/C18H25N3O3S/c1-21(2)11-4-12-24-17-6-3-5-15(13-17)14-20-25(22,23)18-9-7-16(19)8-10-18/h3,5-10,13,20H,4,11-12,14,19H2,1-2H3. The number of hydrogen-bond donors (Lipinski definition) is 2. The largest absolute Gasteiger partial charge is 0.494 e. The van der Waals surface area contributed by atoms with E-state index in [1.54, 1.807) is 12.1 Å². The van der Waals surface area contributed by atoms with Crippen LogP contribution in [0.15, 0.2) is 53.4 Å². The molecule has 0 heterocycles. The first-order valence-corrected chi connectivity index (χ1v) is 9.57. The van der Waals surface area contributed by atoms with E-state index in [-0.39, 0.29) is 11.4 Å². The van der Waals surface area contributed by atoms with Crippen molar-refractivity contribution in [3.05, 3.63) is 54.1 Å². The predicted molar refractivity (Wildman–Crippen MR) is 100.0 cm³/mol. The Morgan fingerprint density at radius 3 is 2.52 bits per heavy atom. The second kappa shape index (κ2) is 8.84. The first kappa shape index (κ1) is 19.2. The van der Waals surface area contributed by atoms with Gasteiger partial charge in [-0.1, -0.05) is 12.1 Å². The molecule has 0 spiro atoms. The van der Waals surface area contributed by atoms with E-state index in [4.69, 9.17) is 10.5 Å². The van der Waals surface area contributed by atoms with Crippen LogP contribution in [0.4, 0.5) is 5.69 Å². The van der Waals surface area contributed by atoms with Gasteiger partial charge in [0.25, 0.3) is 0 Å². The van der Waals surface area contributed by atoms with Gasteiger partial charge in [0.1, 0.15) is 5.75 Å². The lowest BCUT2D eigenvalue weighted by atomic mass is 10.2. The number of nitrogen functional groups attached to an aromatic ring is 1. The van der Waals surface area contributed by atoms with E-state index >= 15 is 0 Å². The Morgan fingerprint density at radius 1 is 1.12 bits per heavy atom. The van der Waals surface area contributed by atoms with E-state index in [0.29, 0.717) is 12.3 Å². The number of benzene rings is 2. The molecule has 0 unspecified atom stereocenters. The smallest absolute Gasteiger partial charge is 0.240 e. The van der Waals surface area contributed by atoms with Crippen molar-refractivity contribution in [1.29, 1.82) is 0 Å². The molecule has 0 aliphatic heterocycles.